The maximum Gasteiger partial charge on any atom is 0.376 e. The number of nitrogens with one attached hydrogen (secondary N) is 1. The highest BCUT2D eigenvalue weighted by atomic mass is 16.5. The average molecular weight is 397 g/mol. The molecule has 4 heterocycles. The van der Waals surface area contributed by atoms with E-state index in [9.17, 15) is 4.79 Å². The summed E-state index contributed by atoms with van der Waals surface area (Å²) in [4.78, 5) is 27.2. The Labute approximate surface area is 168 Å². The van der Waals surface area contributed by atoms with E-state index in [-0.39, 0.29) is 5.82 Å². The summed E-state index contributed by atoms with van der Waals surface area (Å²) in [5, 5.41) is 3.27. The minimum absolute atomic E-state index is 0.00399. The standard InChI is InChI=1S/C20H23N5O4/c1-27-20(26)19-22-13-16(14-4-8-28-9-5-14)18(24-19)23-15-2-3-17(21-12-15)25-6-10-29-11-7-25/h2-4,12-13H,5-11H2,1H3,(H,22,23,24). The van der Waals surface area contributed by atoms with Crippen molar-refractivity contribution in [3.8, 4) is 0 Å². The van der Waals surface area contributed by atoms with Crippen molar-refractivity contribution in [2.45, 2.75) is 6.42 Å². The molecule has 0 aromatic carbocycles. The Bertz CT molecular complexity index is 894. The molecule has 1 fully saturated rings. The number of morpholine rings is 1. The van der Waals surface area contributed by atoms with E-state index < -0.39 is 5.97 Å². The van der Waals surface area contributed by atoms with Crippen LogP contribution in [0.5, 0.6) is 0 Å². The number of pyridine rings is 1. The second-order valence-electron chi connectivity index (χ2n) is 6.63. The molecule has 2 aliphatic rings. The van der Waals surface area contributed by atoms with Crippen LogP contribution in [0.1, 0.15) is 22.6 Å². The number of anilines is 3. The molecule has 0 aliphatic carbocycles. The number of carbonyl (C=O) groups is 1. The zero-order valence-corrected chi connectivity index (χ0v) is 16.3. The van der Waals surface area contributed by atoms with Gasteiger partial charge in [0.15, 0.2) is 0 Å². The summed E-state index contributed by atoms with van der Waals surface area (Å²) >= 11 is 0. The van der Waals surface area contributed by atoms with Crippen molar-refractivity contribution < 1.29 is 19.0 Å². The molecule has 1 N–H and O–H groups in total. The van der Waals surface area contributed by atoms with Gasteiger partial charge in [-0.1, -0.05) is 6.08 Å². The lowest BCUT2D eigenvalue weighted by molar-refractivity contribution is 0.0587. The number of hydrogen-bond acceptors (Lipinski definition) is 9. The Hall–Kier alpha value is -3.04. The molecule has 0 saturated carbocycles. The summed E-state index contributed by atoms with van der Waals surface area (Å²) in [6.07, 6.45) is 6.16. The molecule has 0 radical (unpaired) electrons. The first-order valence-corrected chi connectivity index (χ1v) is 9.53. The number of ether oxygens (including phenoxy) is 3. The van der Waals surface area contributed by atoms with Gasteiger partial charge in [0.1, 0.15) is 11.6 Å². The van der Waals surface area contributed by atoms with Gasteiger partial charge in [-0.15, -0.1) is 0 Å². The minimum Gasteiger partial charge on any atom is -0.463 e. The highest BCUT2D eigenvalue weighted by Gasteiger charge is 2.18. The number of rotatable bonds is 5. The van der Waals surface area contributed by atoms with E-state index in [1.54, 1.807) is 12.4 Å². The lowest BCUT2D eigenvalue weighted by Gasteiger charge is -2.27. The van der Waals surface area contributed by atoms with E-state index >= 15 is 0 Å². The predicted octanol–water partition coefficient (Wildman–Crippen LogP) is 2.04. The van der Waals surface area contributed by atoms with Gasteiger partial charge < -0.3 is 24.4 Å². The zero-order valence-electron chi connectivity index (χ0n) is 16.3. The quantitative estimate of drug-likeness (QED) is 0.760. The molecule has 29 heavy (non-hydrogen) atoms. The van der Waals surface area contributed by atoms with Crippen LogP contribution in [0.4, 0.5) is 17.3 Å². The van der Waals surface area contributed by atoms with Crippen molar-refractivity contribution in [2.75, 3.05) is 56.8 Å². The summed E-state index contributed by atoms with van der Waals surface area (Å²) in [5.41, 5.74) is 2.68. The molecule has 4 rings (SSSR count). The van der Waals surface area contributed by atoms with Crippen molar-refractivity contribution >= 4 is 28.9 Å². The fraction of sp³-hybridized carbons (Fsp3) is 0.400. The molecule has 9 nitrogen and oxygen atoms in total. The van der Waals surface area contributed by atoms with Gasteiger partial charge in [-0.3, -0.25) is 0 Å². The Balaban J connectivity index is 1.60. The molecule has 0 unspecified atom stereocenters. The molecule has 0 amide bonds. The van der Waals surface area contributed by atoms with Crippen LogP contribution in [-0.4, -0.2) is 67.5 Å². The Morgan fingerprint density at radius 2 is 2.00 bits per heavy atom. The van der Waals surface area contributed by atoms with Crippen molar-refractivity contribution in [1.82, 2.24) is 15.0 Å². The van der Waals surface area contributed by atoms with Gasteiger partial charge in [0.05, 0.1) is 45.4 Å². The topological polar surface area (TPSA) is 98.7 Å². The fourth-order valence-electron chi connectivity index (χ4n) is 3.25. The second-order valence-corrected chi connectivity index (χ2v) is 6.63. The normalized spacial score (nSPS) is 16.9. The maximum absolute atomic E-state index is 11.9. The Morgan fingerprint density at radius 1 is 1.14 bits per heavy atom. The molecule has 0 atom stereocenters. The van der Waals surface area contributed by atoms with E-state index in [0.717, 1.165) is 42.2 Å². The fourth-order valence-corrected chi connectivity index (χ4v) is 3.25. The van der Waals surface area contributed by atoms with Crippen molar-refractivity contribution in [3.05, 3.63) is 42.0 Å². The second kappa shape index (κ2) is 8.97. The molecular formula is C20H23N5O4. The highest BCUT2D eigenvalue weighted by molar-refractivity contribution is 5.87. The lowest BCUT2D eigenvalue weighted by Crippen LogP contribution is -2.36. The van der Waals surface area contributed by atoms with Crippen molar-refractivity contribution in [1.29, 1.82) is 0 Å². The molecule has 2 aliphatic heterocycles. The molecule has 0 spiro atoms. The van der Waals surface area contributed by atoms with Gasteiger partial charge in [0, 0.05) is 24.8 Å². The van der Waals surface area contributed by atoms with Gasteiger partial charge >= 0.3 is 5.97 Å². The number of methoxy groups -OCH3 is 1. The highest BCUT2D eigenvalue weighted by Crippen LogP contribution is 2.29. The maximum atomic E-state index is 11.9. The van der Waals surface area contributed by atoms with Crippen LogP contribution >= 0.6 is 0 Å². The molecular weight excluding hydrogens is 374 g/mol. The van der Waals surface area contributed by atoms with E-state index in [1.807, 2.05) is 18.2 Å². The van der Waals surface area contributed by atoms with Crippen LogP contribution in [0, 0.1) is 0 Å². The summed E-state index contributed by atoms with van der Waals surface area (Å²) in [6, 6.07) is 3.91. The van der Waals surface area contributed by atoms with Gasteiger partial charge in [0.25, 0.3) is 0 Å². The van der Waals surface area contributed by atoms with E-state index in [0.29, 0.717) is 32.2 Å². The van der Waals surface area contributed by atoms with E-state index in [2.05, 4.69) is 25.2 Å². The number of esters is 1. The predicted molar refractivity (Wildman–Crippen MR) is 107 cm³/mol. The van der Waals surface area contributed by atoms with Crippen LogP contribution in [0.25, 0.3) is 5.57 Å². The first-order chi connectivity index (χ1) is 14.2. The van der Waals surface area contributed by atoms with E-state index in [1.165, 1.54) is 7.11 Å². The molecule has 152 valence electrons. The van der Waals surface area contributed by atoms with Gasteiger partial charge in [-0.2, -0.15) is 0 Å². The minimum atomic E-state index is -0.582. The molecule has 9 heteroatoms. The van der Waals surface area contributed by atoms with Gasteiger partial charge in [0.2, 0.25) is 5.82 Å². The summed E-state index contributed by atoms with van der Waals surface area (Å²) < 4.78 is 15.5. The first-order valence-electron chi connectivity index (χ1n) is 9.53. The lowest BCUT2D eigenvalue weighted by atomic mass is 10.0. The SMILES string of the molecule is COC(=O)c1ncc(C2=CCOCC2)c(Nc2ccc(N3CCOCC3)nc2)n1. The summed E-state index contributed by atoms with van der Waals surface area (Å²) in [5.74, 6) is 0.865. The summed E-state index contributed by atoms with van der Waals surface area (Å²) in [7, 11) is 1.31. The molecule has 2 aromatic rings. The Morgan fingerprint density at radius 3 is 2.69 bits per heavy atom. The third kappa shape index (κ3) is 4.52. The summed E-state index contributed by atoms with van der Waals surface area (Å²) in [6.45, 7) is 4.26. The molecule has 2 aromatic heterocycles. The number of carbonyl (C=O) groups excluding carboxylic acids is 1. The first kappa shape index (κ1) is 19.3. The van der Waals surface area contributed by atoms with Crippen LogP contribution < -0.4 is 10.2 Å². The van der Waals surface area contributed by atoms with Crippen molar-refractivity contribution in [2.24, 2.45) is 0 Å². The zero-order chi connectivity index (χ0) is 20.1. The average Bonchev–Trinajstić information content (AvgIpc) is 2.80. The van der Waals surface area contributed by atoms with Crippen LogP contribution in [-0.2, 0) is 14.2 Å². The van der Waals surface area contributed by atoms with Gasteiger partial charge in [-0.25, -0.2) is 19.7 Å². The van der Waals surface area contributed by atoms with Crippen LogP contribution in [0.2, 0.25) is 0 Å². The van der Waals surface area contributed by atoms with E-state index in [4.69, 9.17) is 14.2 Å². The smallest absolute Gasteiger partial charge is 0.376 e. The largest absolute Gasteiger partial charge is 0.463 e. The number of nitrogens with zero attached hydrogens (tertiary/aromatic N) is 4. The molecule has 0 bridgehead atoms. The van der Waals surface area contributed by atoms with Crippen LogP contribution in [0.15, 0.2) is 30.6 Å². The number of hydrogen-bond donors (Lipinski definition) is 1. The number of aromatic nitrogens is 3. The molecule has 1 saturated heterocycles. The Kier molecular flexibility index (Phi) is 5.97. The van der Waals surface area contributed by atoms with Crippen molar-refractivity contribution in [3.63, 3.8) is 0 Å². The van der Waals surface area contributed by atoms with Crippen LogP contribution in [0.3, 0.4) is 0 Å². The third-order valence-corrected chi connectivity index (χ3v) is 4.81. The third-order valence-electron chi connectivity index (χ3n) is 4.81. The monoisotopic (exact) mass is 397 g/mol. The van der Waals surface area contributed by atoms with Gasteiger partial charge in [-0.05, 0) is 24.1 Å².